The first-order valence-electron chi connectivity index (χ1n) is 9.92. The van der Waals surface area contributed by atoms with Crippen LogP contribution in [0.15, 0.2) is 0 Å². The van der Waals surface area contributed by atoms with Gasteiger partial charge in [0.1, 0.15) is 0 Å². The van der Waals surface area contributed by atoms with Gasteiger partial charge in [0.05, 0.1) is 0 Å². The van der Waals surface area contributed by atoms with E-state index in [9.17, 15) is 0 Å². The lowest BCUT2D eigenvalue weighted by Gasteiger charge is -2.37. The van der Waals surface area contributed by atoms with Gasteiger partial charge in [0, 0.05) is 12.1 Å². The lowest BCUT2D eigenvalue weighted by molar-refractivity contribution is 0.184. The Labute approximate surface area is 133 Å². The van der Waals surface area contributed by atoms with Gasteiger partial charge in [-0.15, -0.1) is 0 Å². The van der Waals surface area contributed by atoms with Crippen molar-refractivity contribution in [1.29, 1.82) is 0 Å². The van der Waals surface area contributed by atoms with Crippen molar-refractivity contribution < 1.29 is 0 Å². The Morgan fingerprint density at radius 2 is 1.10 bits per heavy atom. The maximum atomic E-state index is 4.07. The highest BCUT2D eigenvalue weighted by molar-refractivity contribution is 4.85. The Morgan fingerprint density at radius 3 is 1.62 bits per heavy atom. The number of hydrogen-bond acceptors (Lipinski definition) is 1. The maximum absolute atomic E-state index is 4.07. The molecule has 1 N–H and O–H groups in total. The third-order valence-corrected chi connectivity index (χ3v) is 5.78. The molecule has 0 aromatic heterocycles. The van der Waals surface area contributed by atoms with Crippen molar-refractivity contribution in [2.75, 3.05) is 0 Å². The second-order valence-electron chi connectivity index (χ2n) is 8.58. The van der Waals surface area contributed by atoms with E-state index in [-0.39, 0.29) is 0 Å². The van der Waals surface area contributed by atoms with Crippen LogP contribution in [0.3, 0.4) is 0 Å². The average molecular weight is 294 g/mol. The van der Waals surface area contributed by atoms with Gasteiger partial charge in [0.2, 0.25) is 0 Å². The molecule has 0 aromatic carbocycles. The van der Waals surface area contributed by atoms with Gasteiger partial charge in [-0.2, -0.15) is 0 Å². The van der Waals surface area contributed by atoms with E-state index in [4.69, 9.17) is 0 Å². The molecular weight excluding hydrogens is 254 g/mol. The van der Waals surface area contributed by atoms with E-state index in [1.54, 1.807) is 0 Å². The summed E-state index contributed by atoms with van der Waals surface area (Å²) in [5.74, 6) is 0. The molecule has 0 heterocycles. The predicted molar refractivity (Wildman–Crippen MR) is 93.7 cm³/mol. The second kappa shape index (κ2) is 9.18. The summed E-state index contributed by atoms with van der Waals surface area (Å²) < 4.78 is 0. The van der Waals surface area contributed by atoms with Gasteiger partial charge in [-0.05, 0) is 37.5 Å². The van der Waals surface area contributed by atoms with E-state index in [1.807, 2.05) is 0 Å². The number of rotatable bonds is 2. The summed E-state index contributed by atoms with van der Waals surface area (Å²) in [4.78, 5) is 0. The molecule has 1 atom stereocenters. The summed E-state index contributed by atoms with van der Waals surface area (Å²) in [6, 6.07) is 1.61. The first-order chi connectivity index (χ1) is 10.2. The van der Waals surface area contributed by atoms with Crippen molar-refractivity contribution >= 4 is 0 Å². The topological polar surface area (TPSA) is 12.0 Å². The molecule has 0 spiro atoms. The summed E-state index contributed by atoms with van der Waals surface area (Å²) >= 11 is 0. The van der Waals surface area contributed by atoms with E-state index < -0.39 is 0 Å². The van der Waals surface area contributed by atoms with Crippen molar-refractivity contribution in [2.45, 2.75) is 122 Å². The zero-order valence-electron chi connectivity index (χ0n) is 14.8. The minimum absolute atomic E-state index is 0.571. The highest BCUT2D eigenvalue weighted by Crippen LogP contribution is 2.35. The fourth-order valence-corrected chi connectivity index (χ4v) is 4.50. The Balaban J connectivity index is 1.77. The van der Waals surface area contributed by atoms with Crippen LogP contribution in [0.25, 0.3) is 0 Å². The smallest absolute Gasteiger partial charge is 0.00747 e. The zero-order chi connectivity index (χ0) is 15.0. The molecule has 21 heavy (non-hydrogen) atoms. The van der Waals surface area contributed by atoms with Gasteiger partial charge in [0.25, 0.3) is 0 Å². The predicted octanol–water partition coefficient (Wildman–Crippen LogP) is 6.22. The van der Waals surface area contributed by atoms with Crippen LogP contribution in [0.1, 0.15) is 110 Å². The summed E-state index contributed by atoms with van der Waals surface area (Å²) in [5.41, 5.74) is 0.571. The Bertz CT molecular complexity index is 259. The highest BCUT2D eigenvalue weighted by Gasteiger charge is 2.28. The Hall–Kier alpha value is -0.0400. The molecule has 1 nitrogen and oxygen atoms in total. The Kier molecular flexibility index (Phi) is 7.57. The largest absolute Gasteiger partial charge is 0.311 e. The van der Waals surface area contributed by atoms with Crippen LogP contribution in [0, 0.1) is 5.41 Å². The standard InChI is InChI=1S/C20H39N/c1-20(2)16-12-15-19(17-20)21-18-13-10-8-6-4-3-5-7-9-11-14-18/h18-19,21H,3-17H2,1-2H3. The van der Waals surface area contributed by atoms with E-state index in [1.165, 1.54) is 96.3 Å². The van der Waals surface area contributed by atoms with Crippen molar-refractivity contribution in [2.24, 2.45) is 5.41 Å². The fourth-order valence-electron chi connectivity index (χ4n) is 4.50. The third-order valence-electron chi connectivity index (χ3n) is 5.78. The first kappa shape index (κ1) is 17.3. The van der Waals surface area contributed by atoms with Crippen LogP contribution in [0.4, 0.5) is 0 Å². The van der Waals surface area contributed by atoms with Crippen molar-refractivity contribution in [3.8, 4) is 0 Å². The van der Waals surface area contributed by atoms with Gasteiger partial charge in [0.15, 0.2) is 0 Å². The monoisotopic (exact) mass is 293 g/mol. The van der Waals surface area contributed by atoms with Crippen LogP contribution in [0.5, 0.6) is 0 Å². The normalized spacial score (nSPS) is 30.3. The molecule has 2 fully saturated rings. The Morgan fingerprint density at radius 1 is 0.619 bits per heavy atom. The van der Waals surface area contributed by atoms with E-state index in [0.717, 1.165) is 12.1 Å². The van der Waals surface area contributed by atoms with Crippen LogP contribution < -0.4 is 5.32 Å². The third kappa shape index (κ3) is 7.17. The quantitative estimate of drug-likeness (QED) is 0.637. The molecular formula is C20H39N. The zero-order valence-corrected chi connectivity index (χ0v) is 14.8. The molecule has 2 aliphatic rings. The molecule has 0 amide bonds. The lowest BCUT2D eigenvalue weighted by atomic mass is 9.75. The van der Waals surface area contributed by atoms with E-state index in [2.05, 4.69) is 19.2 Å². The molecule has 2 aliphatic carbocycles. The second-order valence-corrected chi connectivity index (χ2v) is 8.58. The van der Waals surface area contributed by atoms with Crippen LogP contribution in [-0.4, -0.2) is 12.1 Å². The average Bonchev–Trinajstić information content (AvgIpc) is 2.41. The summed E-state index contributed by atoms with van der Waals surface area (Å²) in [6.07, 6.45) is 21.8. The van der Waals surface area contributed by atoms with E-state index in [0.29, 0.717) is 5.41 Å². The SMILES string of the molecule is CC1(C)CCCC(NC2CCCCCCCCCCC2)C1. The van der Waals surface area contributed by atoms with Crippen molar-refractivity contribution in [3.63, 3.8) is 0 Å². The fraction of sp³-hybridized carbons (Fsp3) is 1.00. The lowest BCUT2D eigenvalue weighted by Crippen LogP contribution is -2.43. The number of nitrogens with one attached hydrogen (secondary N) is 1. The summed E-state index contributed by atoms with van der Waals surface area (Å²) in [5, 5.41) is 4.07. The molecule has 1 unspecified atom stereocenters. The van der Waals surface area contributed by atoms with Crippen molar-refractivity contribution in [1.82, 2.24) is 5.32 Å². The molecule has 124 valence electrons. The molecule has 0 radical (unpaired) electrons. The van der Waals surface area contributed by atoms with Gasteiger partial charge in [-0.25, -0.2) is 0 Å². The summed E-state index contributed by atoms with van der Waals surface area (Å²) in [6.45, 7) is 4.92. The first-order valence-corrected chi connectivity index (χ1v) is 9.92. The van der Waals surface area contributed by atoms with Gasteiger partial charge in [-0.1, -0.05) is 78.1 Å². The van der Waals surface area contributed by atoms with Gasteiger partial charge < -0.3 is 5.32 Å². The minimum Gasteiger partial charge on any atom is -0.311 e. The molecule has 2 rings (SSSR count). The van der Waals surface area contributed by atoms with Gasteiger partial charge in [-0.3, -0.25) is 0 Å². The molecule has 2 saturated carbocycles. The van der Waals surface area contributed by atoms with Crippen LogP contribution >= 0.6 is 0 Å². The molecule has 0 bridgehead atoms. The maximum Gasteiger partial charge on any atom is 0.00747 e. The van der Waals surface area contributed by atoms with Crippen LogP contribution in [-0.2, 0) is 0 Å². The number of hydrogen-bond donors (Lipinski definition) is 1. The van der Waals surface area contributed by atoms with Gasteiger partial charge >= 0.3 is 0 Å². The molecule has 0 saturated heterocycles. The molecule has 0 aromatic rings. The highest BCUT2D eigenvalue weighted by atomic mass is 15.0. The minimum atomic E-state index is 0.571. The van der Waals surface area contributed by atoms with Crippen molar-refractivity contribution in [3.05, 3.63) is 0 Å². The van der Waals surface area contributed by atoms with Crippen LogP contribution in [0.2, 0.25) is 0 Å². The van der Waals surface area contributed by atoms with E-state index >= 15 is 0 Å². The summed E-state index contributed by atoms with van der Waals surface area (Å²) in [7, 11) is 0. The molecule has 0 aliphatic heterocycles. The molecule has 1 heteroatoms.